The number of urea groups is 1. The molecule has 0 fully saturated rings. The molecule has 0 aliphatic carbocycles. The lowest BCUT2D eigenvalue weighted by Crippen LogP contribution is -2.50. The minimum absolute atomic E-state index is 0.0218. The van der Waals surface area contributed by atoms with Crippen LogP contribution in [0.1, 0.15) is 13.8 Å². The molecule has 3 N–H and O–H groups in total. The molecule has 2 rings (SSSR count). The van der Waals surface area contributed by atoms with E-state index >= 15 is 0 Å². The highest BCUT2D eigenvalue weighted by atomic mass is 79.9. The molecule has 0 radical (unpaired) electrons. The summed E-state index contributed by atoms with van der Waals surface area (Å²) < 4.78 is 37.1. The summed E-state index contributed by atoms with van der Waals surface area (Å²) in [4.78, 5) is 35.7. The molecule has 1 aromatic rings. The Morgan fingerprint density at radius 3 is 2.66 bits per heavy atom. The van der Waals surface area contributed by atoms with Crippen LogP contribution in [-0.4, -0.2) is 52.2 Å². The molecular weight excluding hydrogens is 470 g/mol. The van der Waals surface area contributed by atoms with Gasteiger partial charge in [-0.25, -0.2) is 18.0 Å². The first-order chi connectivity index (χ1) is 13.6. The number of carbonyl (C=O) groups is 3. The van der Waals surface area contributed by atoms with Crippen LogP contribution in [0.2, 0.25) is 0 Å². The van der Waals surface area contributed by atoms with Crippen molar-refractivity contribution in [2.75, 3.05) is 19.8 Å². The predicted octanol–water partition coefficient (Wildman–Crippen LogP) is 0.789. The molecule has 0 bridgehead atoms. The molecule has 1 unspecified atom stereocenters. The summed E-state index contributed by atoms with van der Waals surface area (Å²) in [6.07, 6.45) is 0. The molecule has 1 atom stereocenters. The summed E-state index contributed by atoms with van der Waals surface area (Å²) in [5, 5.41) is 4.91. The quantitative estimate of drug-likeness (QED) is 0.458. The zero-order valence-corrected chi connectivity index (χ0v) is 18.1. The monoisotopic (exact) mass is 489 g/mol. The third-order valence-corrected chi connectivity index (χ3v) is 5.65. The van der Waals surface area contributed by atoms with E-state index in [1.807, 2.05) is 0 Å². The van der Waals surface area contributed by atoms with Gasteiger partial charge in [-0.2, -0.15) is 4.72 Å². The fourth-order valence-corrected chi connectivity index (χ4v) is 4.03. The predicted molar refractivity (Wildman–Crippen MR) is 105 cm³/mol. The number of benzene rings is 1. The van der Waals surface area contributed by atoms with Crippen molar-refractivity contribution < 1.29 is 32.3 Å². The van der Waals surface area contributed by atoms with Crippen molar-refractivity contribution in [1.82, 2.24) is 15.4 Å². The van der Waals surface area contributed by atoms with Gasteiger partial charge in [-0.3, -0.25) is 4.79 Å². The van der Waals surface area contributed by atoms with Crippen molar-refractivity contribution >= 4 is 43.9 Å². The number of sulfonamides is 1. The Labute approximate surface area is 176 Å². The van der Waals surface area contributed by atoms with Crippen LogP contribution in [0.15, 0.2) is 44.9 Å². The Balaban J connectivity index is 2.02. The highest BCUT2D eigenvalue weighted by molar-refractivity contribution is 9.10. The van der Waals surface area contributed by atoms with Crippen molar-refractivity contribution in [3.63, 3.8) is 0 Å². The average Bonchev–Trinajstić information content (AvgIpc) is 2.64. The van der Waals surface area contributed by atoms with Crippen LogP contribution in [0.4, 0.5) is 4.79 Å². The van der Waals surface area contributed by atoms with Crippen LogP contribution in [0.25, 0.3) is 0 Å². The van der Waals surface area contributed by atoms with Gasteiger partial charge >= 0.3 is 18.0 Å². The molecule has 2 amide bonds. The molecule has 1 heterocycles. The summed E-state index contributed by atoms with van der Waals surface area (Å²) in [6, 6.07) is 4.76. The second-order valence-corrected chi connectivity index (χ2v) is 8.56. The van der Waals surface area contributed by atoms with E-state index in [4.69, 9.17) is 9.47 Å². The topological polar surface area (TPSA) is 140 Å². The Kier molecular flexibility index (Phi) is 7.76. The Morgan fingerprint density at radius 2 is 2.00 bits per heavy atom. The van der Waals surface area contributed by atoms with E-state index in [1.165, 1.54) is 12.1 Å². The van der Waals surface area contributed by atoms with Gasteiger partial charge in [-0.05, 0) is 32.0 Å². The van der Waals surface area contributed by atoms with Gasteiger partial charge in [0, 0.05) is 4.47 Å². The summed E-state index contributed by atoms with van der Waals surface area (Å²) in [5.41, 5.74) is 0.192. The van der Waals surface area contributed by atoms with E-state index in [9.17, 15) is 22.8 Å². The van der Waals surface area contributed by atoms with Gasteiger partial charge < -0.3 is 20.1 Å². The largest absolute Gasteiger partial charge is 0.463 e. The summed E-state index contributed by atoms with van der Waals surface area (Å²) in [7, 11) is -3.92. The van der Waals surface area contributed by atoms with Crippen LogP contribution in [0.5, 0.6) is 0 Å². The molecule has 158 valence electrons. The van der Waals surface area contributed by atoms with Crippen molar-refractivity contribution in [3.8, 4) is 0 Å². The van der Waals surface area contributed by atoms with E-state index in [0.717, 1.165) is 0 Å². The first kappa shape index (κ1) is 22.8. The molecule has 29 heavy (non-hydrogen) atoms. The van der Waals surface area contributed by atoms with E-state index in [-0.39, 0.29) is 22.8 Å². The van der Waals surface area contributed by atoms with E-state index in [2.05, 4.69) is 31.3 Å². The maximum atomic E-state index is 12.2. The summed E-state index contributed by atoms with van der Waals surface area (Å²) in [6.45, 7) is 2.30. The zero-order valence-electron chi connectivity index (χ0n) is 15.7. The summed E-state index contributed by atoms with van der Waals surface area (Å²) in [5.74, 6) is -1.55. The lowest BCUT2D eigenvalue weighted by Gasteiger charge is -2.26. The molecule has 1 aliphatic heterocycles. The second-order valence-electron chi connectivity index (χ2n) is 5.88. The molecular formula is C17H20BrN3O7S. The number of hydrogen-bond acceptors (Lipinski definition) is 7. The Bertz CT molecular complexity index is 946. The second kappa shape index (κ2) is 9.85. The van der Waals surface area contributed by atoms with Crippen LogP contribution in [-0.2, 0) is 29.1 Å². The molecule has 0 aromatic heterocycles. The molecule has 0 saturated carbocycles. The van der Waals surface area contributed by atoms with E-state index in [0.29, 0.717) is 4.47 Å². The van der Waals surface area contributed by atoms with Gasteiger partial charge in [0.25, 0.3) is 0 Å². The maximum absolute atomic E-state index is 12.2. The number of ether oxygens (including phenoxy) is 2. The Morgan fingerprint density at radius 1 is 1.28 bits per heavy atom. The Hall–Kier alpha value is -2.44. The molecule has 1 aliphatic rings. The number of amides is 2. The molecule has 0 saturated heterocycles. The third kappa shape index (κ3) is 6.27. The molecule has 12 heteroatoms. The van der Waals surface area contributed by atoms with Crippen LogP contribution < -0.4 is 15.4 Å². The fourth-order valence-electron chi connectivity index (χ4n) is 2.47. The maximum Gasteiger partial charge on any atom is 0.338 e. The van der Waals surface area contributed by atoms with Crippen LogP contribution in [0.3, 0.4) is 0 Å². The number of hydrogen-bond donors (Lipinski definition) is 3. The van der Waals surface area contributed by atoms with E-state index in [1.54, 1.807) is 26.0 Å². The number of esters is 2. The van der Waals surface area contributed by atoms with Gasteiger partial charge in [-0.1, -0.05) is 22.0 Å². The minimum Gasteiger partial charge on any atom is -0.463 e. The van der Waals surface area contributed by atoms with Gasteiger partial charge in [0.05, 0.1) is 28.8 Å². The van der Waals surface area contributed by atoms with Gasteiger partial charge in [0.1, 0.15) is 13.2 Å². The van der Waals surface area contributed by atoms with Crippen LogP contribution in [0, 0.1) is 0 Å². The summed E-state index contributed by atoms with van der Waals surface area (Å²) >= 11 is 3.18. The minimum atomic E-state index is -3.92. The SMILES string of the molecule is CCOC(=O)C1=C(COC(=O)CNS(=O)(=O)c2cccc(Br)c2)NC(=O)NC1C. The average molecular weight is 490 g/mol. The zero-order chi connectivity index (χ0) is 21.6. The van der Waals surface area contributed by atoms with Crippen LogP contribution >= 0.6 is 15.9 Å². The van der Waals surface area contributed by atoms with Crippen molar-refractivity contribution in [3.05, 3.63) is 40.0 Å². The van der Waals surface area contributed by atoms with Crippen molar-refractivity contribution in [2.24, 2.45) is 0 Å². The number of nitrogens with one attached hydrogen (secondary N) is 3. The highest BCUT2D eigenvalue weighted by Gasteiger charge is 2.30. The highest BCUT2D eigenvalue weighted by Crippen LogP contribution is 2.16. The first-order valence-corrected chi connectivity index (χ1v) is 10.8. The molecule has 0 spiro atoms. The van der Waals surface area contributed by atoms with Gasteiger partial charge in [-0.15, -0.1) is 0 Å². The van der Waals surface area contributed by atoms with E-state index < -0.39 is 47.2 Å². The lowest BCUT2D eigenvalue weighted by molar-refractivity contribution is -0.142. The normalized spacial score (nSPS) is 16.7. The van der Waals surface area contributed by atoms with Gasteiger partial charge in [0.15, 0.2) is 0 Å². The standard InChI is InChI=1S/C17H20BrN3O7S/c1-3-27-16(23)15-10(2)20-17(24)21-13(15)9-28-14(22)8-19-29(25,26)12-6-4-5-11(18)7-12/h4-7,10,19H,3,8-9H2,1-2H3,(H2,20,21,24). The molecule has 10 nitrogen and oxygen atoms in total. The lowest BCUT2D eigenvalue weighted by atomic mass is 10.0. The third-order valence-electron chi connectivity index (χ3n) is 3.76. The first-order valence-electron chi connectivity index (χ1n) is 8.52. The number of carbonyl (C=O) groups excluding carboxylic acids is 3. The van der Waals surface area contributed by atoms with Crippen molar-refractivity contribution in [1.29, 1.82) is 0 Å². The fraction of sp³-hybridized carbons (Fsp3) is 0.353. The number of rotatable bonds is 8. The smallest absolute Gasteiger partial charge is 0.338 e. The number of halogens is 1. The molecule has 1 aromatic carbocycles. The van der Waals surface area contributed by atoms with Crippen molar-refractivity contribution in [2.45, 2.75) is 24.8 Å². The van der Waals surface area contributed by atoms with Gasteiger partial charge in [0.2, 0.25) is 10.0 Å².